The molecule has 9 nitrogen and oxygen atoms in total. The molecule has 1 aromatic carbocycles. The molecule has 1 amide bonds. The molecule has 0 radical (unpaired) electrons. The highest BCUT2D eigenvalue weighted by Crippen LogP contribution is 2.39. The van der Waals surface area contributed by atoms with Crippen LogP contribution in [0.25, 0.3) is 0 Å². The average Bonchev–Trinajstić information content (AvgIpc) is 2.52. The smallest absolute Gasteiger partial charge is 0.405 e. The van der Waals surface area contributed by atoms with Crippen molar-refractivity contribution in [3.05, 3.63) is 39.3 Å². The Labute approximate surface area is 139 Å². The molecule has 24 heavy (non-hydrogen) atoms. The van der Waals surface area contributed by atoms with Crippen LogP contribution in [-0.2, 0) is 9.47 Å². The van der Waals surface area contributed by atoms with Crippen LogP contribution in [0.15, 0.2) is 23.7 Å². The van der Waals surface area contributed by atoms with Crippen LogP contribution in [0.4, 0.5) is 10.5 Å². The average molecular weight is 340 g/mol. The van der Waals surface area contributed by atoms with E-state index in [-0.39, 0.29) is 22.7 Å². The van der Waals surface area contributed by atoms with Gasteiger partial charge in [-0.25, -0.2) is 4.79 Å². The summed E-state index contributed by atoms with van der Waals surface area (Å²) in [5.41, 5.74) is 4.81. The van der Waals surface area contributed by atoms with Gasteiger partial charge >= 0.3 is 6.09 Å². The fraction of sp³-hybridized carbons (Fsp3) is 0.400. The number of methoxy groups -OCH3 is 2. The molecule has 0 saturated carbocycles. The van der Waals surface area contributed by atoms with Crippen molar-refractivity contribution in [2.75, 3.05) is 14.2 Å². The maximum Gasteiger partial charge on any atom is 0.405 e. The topological polar surface area (TPSA) is 123 Å². The Morgan fingerprint density at radius 1 is 1.21 bits per heavy atom. The minimum Gasteiger partial charge on any atom is -0.498 e. The number of amides is 1. The fourth-order valence-corrected chi connectivity index (χ4v) is 1.91. The quantitative estimate of drug-likeness (QED) is 0.459. The van der Waals surface area contributed by atoms with Gasteiger partial charge in [-0.3, -0.25) is 10.1 Å². The largest absolute Gasteiger partial charge is 0.498 e. The summed E-state index contributed by atoms with van der Waals surface area (Å²) < 4.78 is 20.7. The first-order valence-electron chi connectivity index (χ1n) is 6.93. The standard InChI is InChI=1S/C15H20N2O7/c1-8(21-4)9(2)23-14-7-12(17(19)20)11(6-13(14)22-5)10(3)24-15(16)18/h6-7,10H,1-5H3,(H2,16,18). The first-order chi connectivity index (χ1) is 11.2. The first kappa shape index (κ1) is 19.1. The Hall–Kier alpha value is -2.97. The number of ether oxygens (including phenoxy) is 4. The fourth-order valence-electron chi connectivity index (χ4n) is 1.91. The third kappa shape index (κ3) is 4.51. The van der Waals surface area contributed by atoms with E-state index in [4.69, 9.17) is 24.7 Å². The Morgan fingerprint density at radius 2 is 1.83 bits per heavy atom. The number of benzene rings is 1. The number of carbonyl (C=O) groups excluding carboxylic acids is 1. The predicted molar refractivity (Wildman–Crippen MR) is 84.7 cm³/mol. The van der Waals surface area contributed by atoms with Crippen molar-refractivity contribution >= 4 is 11.8 Å². The van der Waals surface area contributed by atoms with Gasteiger partial charge in [0.2, 0.25) is 0 Å². The van der Waals surface area contributed by atoms with Gasteiger partial charge in [0.05, 0.1) is 30.8 Å². The van der Waals surface area contributed by atoms with Crippen LogP contribution in [0, 0.1) is 10.1 Å². The van der Waals surface area contributed by atoms with Crippen molar-refractivity contribution in [1.82, 2.24) is 0 Å². The zero-order valence-corrected chi connectivity index (χ0v) is 14.1. The number of nitro benzene ring substituents is 1. The van der Waals surface area contributed by atoms with Crippen LogP contribution in [-0.4, -0.2) is 25.2 Å². The third-order valence-corrected chi connectivity index (χ3v) is 3.31. The molecule has 1 atom stereocenters. The van der Waals surface area contributed by atoms with Crippen molar-refractivity contribution in [2.45, 2.75) is 26.9 Å². The molecule has 0 heterocycles. The van der Waals surface area contributed by atoms with Gasteiger partial charge in [0, 0.05) is 0 Å². The third-order valence-electron chi connectivity index (χ3n) is 3.31. The maximum atomic E-state index is 11.3. The van der Waals surface area contributed by atoms with Gasteiger partial charge < -0.3 is 24.7 Å². The number of nitrogens with zero attached hydrogens (tertiary/aromatic N) is 1. The second kappa shape index (κ2) is 8.04. The summed E-state index contributed by atoms with van der Waals surface area (Å²) in [7, 11) is 2.87. The number of rotatable bonds is 7. The van der Waals surface area contributed by atoms with E-state index >= 15 is 0 Å². The summed E-state index contributed by atoms with van der Waals surface area (Å²) in [6, 6.07) is 2.57. The Balaban J connectivity index is 3.41. The van der Waals surface area contributed by atoms with Crippen LogP contribution < -0.4 is 15.2 Å². The van der Waals surface area contributed by atoms with Crippen LogP contribution in [0.5, 0.6) is 11.5 Å². The summed E-state index contributed by atoms with van der Waals surface area (Å²) in [5.74, 6) is 1.29. The molecule has 2 N–H and O–H groups in total. The lowest BCUT2D eigenvalue weighted by Gasteiger charge is -2.16. The maximum absolute atomic E-state index is 11.3. The van der Waals surface area contributed by atoms with Crippen molar-refractivity contribution in [1.29, 1.82) is 0 Å². The lowest BCUT2D eigenvalue weighted by atomic mass is 10.1. The van der Waals surface area contributed by atoms with E-state index in [1.807, 2.05) is 0 Å². The number of hydrogen-bond acceptors (Lipinski definition) is 7. The van der Waals surface area contributed by atoms with E-state index < -0.39 is 17.1 Å². The molecule has 1 unspecified atom stereocenters. The van der Waals surface area contributed by atoms with Crippen LogP contribution in [0.1, 0.15) is 32.4 Å². The van der Waals surface area contributed by atoms with Gasteiger partial charge in [0.15, 0.2) is 11.5 Å². The molecule has 1 rings (SSSR count). The molecule has 0 aliphatic carbocycles. The van der Waals surface area contributed by atoms with Gasteiger partial charge in [-0.05, 0) is 26.8 Å². The van der Waals surface area contributed by atoms with Crippen LogP contribution in [0.2, 0.25) is 0 Å². The van der Waals surface area contributed by atoms with Crippen molar-refractivity contribution in [2.24, 2.45) is 5.73 Å². The van der Waals surface area contributed by atoms with Gasteiger partial charge in [-0.2, -0.15) is 0 Å². The molecule has 0 bridgehead atoms. The molecule has 9 heteroatoms. The van der Waals surface area contributed by atoms with Gasteiger partial charge in [-0.1, -0.05) is 0 Å². The van der Waals surface area contributed by atoms with E-state index in [1.165, 1.54) is 33.3 Å². The van der Waals surface area contributed by atoms with E-state index in [9.17, 15) is 14.9 Å². The van der Waals surface area contributed by atoms with Gasteiger partial charge in [0.25, 0.3) is 5.69 Å². The van der Waals surface area contributed by atoms with Crippen LogP contribution >= 0.6 is 0 Å². The summed E-state index contributed by atoms with van der Waals surface area (Å²) in [4.78, 5) is 21.6. The summed E-state index contributed by atoms with van der Waals surface area (Å²) in [6.07, 6.45) is -1.96. The monoisotopic (exact) mass is 340 g/mol. The normalized spacial score (nSPS) is 12.7. The molecule has 0 fully saturated rings. The Morgan fingerprint density at radius 3 is 2.29 bits per heavy atom. The van der Waals surface area contributed by atoms with Gasteiger partial charge in [-0.15, -0.1) is 0 Å². The minimum atomic E-state index is -1.04. The Bertz CT molecular complexity index is 670. The summed E-state index contributed by atoms with van der Waals surface area (Å²) in [6.45, 7) is 4.80. The zero-order chi connectivity index (χ0) is 18.4. The lowest BCUT2D eigenvalue weighted by Crippen LogP contribution is -2.16. The van der Waals surface area contributed by atoms with Crippen LogP contribution in [0.3, 0.4) is 0 Å². The minimum absolute atomic E-state index is 0.132. The number of allylic oxidation sites excluding steroid dienone is 2. The number of carbonyl (C=O) groups is 1. The van der Waals surface area contributed by atoms with E-state index in [0.29, 0.717) is 11.5 Å². The lowest BCUT2D eigenvalue weighted by molar-refractivity contribution is -0.386. The zero-order valence-electron chi connectivity index (χ0n) is 14.1. The summed E-state index contributed by atoms with van der Waals surface area (Å²) in [5, 5.41) is 11.3. The molecule has 0 aliphatic heterocycles. The number of nitro groups is 1. The predicted octanol–water partition coefficient (Wildman–Crippen LogP) is 3.04. The molecular formula is C15H20N2O7. The van der Waals surface area contributed by atoms with Gasteiger partial charge in [0.1, 0.15) is 17.6 Å². The first-order valence-corrected chi connectivity index (χ1v) is 6.93. The number of primary amides is 1. The SMILES string of the molecule is COC(C)=C(C)Oc1cc([N+](=O)[O-])c(C(C)OC(N)=O)cc1OC. The van der Waals surface area contributed by atoms with E-state index in [0.717, 1.165) is 0 Å². The van der Waals surface area contributed by atoms with Crippen molar-refractivity contribution in [3.63, 3.8) is 0 Å². The second-order valence-corrected chi connectivity index (χ2v) is 4.82. The van der Waals surface area contributed by atoms with E-state index in [2.05, 4.69) is 0 Å². The number of nitrogens with two attached hydrogens (primary N) is 1. The molecule has 0 aliphatic rings. The molecule has 1 aromatic rings. The summed E-state index contributed by atoms with van der Waals surface area (Å²) >= 11 is 0. The highest BCUT2D eigenvalue weighted by Gasteiger charge is 2.26. The van der Waals surface area contributed by atoms with Crippen molar-refractivity contribution in [3.8, 4) is 11.5 Å². The molecule has 0 spiro atoms. The molecule has 132 valence electrons. The molecule has 0 aromatic heterocycles. The highest BCUT2D eigenvalue weighted by atomic mass is 16.6. The molecule has 0 saturated heterocycles. The van der Waals surface area contributed by atoms with Crippen molar-refractivity contribution < 1.29 is 28.7 Å². The van der Waals surface area contributed by atoms with E-state index in [1.54, 1.807) is 13.8 Å². The number of hydrogen-bond donors (Lipinski definition) is 1. The molecular weight excluding hydrogens is 320 g/mol. The Kier molecular flexibility index (Phi) is 6.39. The highest BCUT2D eigenvalue weighted by molar-refractivity contribution is 5.65. The second-order valence-electron chi connectivity index (χ2n) is 4.82.